The maximum Gasteiger partial charge on any atom is 0.0651 e. The molecule has 6 rings (SSSR count). The van der Waals surface area contributed by atoms with E-state index in [1.165, 1.54) is 48.4 Å². The van der Waals surface area contributed by atoms with Crippen LogP contribution in [0.5, 0.6) is 0 Å². The lowest BCUT2D eigenvalue weighted by molar-refractivity contribution is 2.45. The van der Waals surface area contributed by atoms with Crippen LogP contribution in [0.2, 0.25) is 0 Å². The Morgan fingerprint density at radius 3 is 1.40 bits per heavy atom. The Morgan fingerprint density at radius 2 is 0.900 bits per heavy atom. The van der Waals surface area contributed by atoms with Gasteiger partial charge in [-0.05, 0) is 0 Å². The highest BCUT2D eigenvalue weighted by molar-refractivity contribution is 7.48. The molecule has 0 unspecified atom stereocenters. The summed E-state index contributed by atoms with van der Waals surface area (Å²) in [4.78, 5) is 0. The van der Waals surface area contributed by atoms with Gasteiger partial charge in [0.25, 0.3) is 0 Å². The van der Waals surface area contributed by atoms with E-state index in [1.807, 2.05) is 68.0 Å². The Labute approximate surface area is 137 Å². The van der Waals surface area contributed by atoms with Crippen molar-refractivity contribution in [1.29, 1.82) is 0 Å². The molecule has 0 bridgehead atoms. The van der Waals surface area contributed by atoms with Crippen LogP contribution in [0, 0.1) is 0 Å². The molecule has 6 heterocycles. The van der Waals surface area contributed by atoms with E-state index in [9.17, 15) is 0 Å². The van der Waals surface area contributed by atoms with Gasteiger partial charge in [-0.1, -0.05) is 0 Å². The van der Waals surface area contributed by atoms with Crippen molar-refractivity contribution in [3.63, 3.8) is 0 Å². The largest absolute Gasteiger partial charge is 0.150 e. The Bertz CT molecular complexity index is 1150. The summed E-state index contributed by atoms with van der Waals surface area (Å²) < 4.78 is 12.0. The standard InChI is InChI=1S/C14H4S6/c1-5-7(3-15-1)17-11-9(5)19-14-12-10(20-13(11)14)6-2-16-4-8(6)18-12/h1-4H. The fourth-order valence-electron chi connectivity index (χ4n) is 2.71. The van der Waals surface area contributed by atoms with Crippen LogP contribution in [0.4, 0.5) is 0 Å². The van der Waals surface area contributed by atoms with Crippen LogP contribution < -0.4 is 0 Å². The molecular weight excluding hydrogens is 361 g/mol. The lowest BCUT2D eigenvalue weighted by Gasteiger charge is -1.78. The van der Waals surface area contributed by atoms with E-state index in [-0.39, 0.29) is 0 Å². The average molecular weight is 365 g/mol. The molecule has 0 saturated heterocycles. The molecule has 6 aromatic rings. The van der Waals surface area contributed by atoms with E-state index in [4.69, 9.17) is 0 Å². The predicted molar refractivity (Wildman–Crippen MR) is 101 cm³/mol. The molecule has 0 N–H and O–H groups in total. The third kappa shape index (κ3) is 1.18. The second-order valence-electron chi connectivity index (χ2n) is 4.68. The van der Waals surface area contributed by atoms with Crippen molar-refractivity contribution in [1.82, 2.24) is 0 Å². The van der Waals surface area contributed by atoms with Gasteiger partial charge in [0.15, 0.2) is 0 Å². The monoisotopic (exact) mass is 364 g/mol. The molecule has 6 aromatic heterocycles. The lowest BCUT2D eigenvalue weighted by atomic mass is 10.3. The van der Waals surface area contributed by atoms with Gasteiger partial charge in [-0.25, -0.2) is 0 Å². The maximum absolute atomic E-state index is 2.30. The Morgan fingerprint density at radius 1 is 0.450 bits per heavy atom. The summed E-state index contributed by atoms with van der Waals surface area (Å²) in [5.41, 5.74) is 0. The van der Waals surface area contributed by atoms with Crippen LogP contribution >= 0.6 is 68.0 Å². The molecular formula is C14H4S6. The Kier molecular flexibility index (Phi) is 2.02. The zero-order chi connectivity index (χ0) is 12.8. The first kappa shape index (κ1) is 11.1. The number of fused-ring (bicyclic) bond motifs is 9. The van der Waals surface area contributed by atoms with Crippen molar-refractivity contribution < 1.29 is 0 Å². The third-order valence-electron chi connectivity index (χ3n) is 3.61. The summed E-state index contributed by atoms with van der Waals surface area (Å²) in [7, 11) is 0. The first-order chi connectivity index (χ1) is 9.90. The maximum atomic E-state index is 2.30. The van der Waals surface area contributed by atoms with Gasteiger partial charge in [0.2, 0.25) is 0 Å². The highest BCUT2D eigenvalue weighted by atomic mass is 32.1. The molecule has 0 atom stereocenters. The molecule has 0 fully saturated rings. The summed E-state index contributed by atoms with van der Waals surface area (Å²) in [6, 6.07) is 0. The van der Waals surface area contributed by atoms with Gasteiger partial charge in [-0.3, -0.25) is 0 Å². The zero-order valence-electron chi connectivity index (χ0n) is 9.76. The fourth-order valence-corrected chi connectivity index (χ4v) is 10.7. The molecule has 0 aliphatic heterocycles. The normalized spacial score (nSPS) is 13.0. The van der Waals surface area contributed by atoms with E-state index in [0.717, 1.165) is 0 Å². The van der Waals surface area contributed by atoms with Gasteiger partial charge in [-0.2, -0.15) is 22.7 Å². The number of thiophene rings is 6. The van der Waals surface area contributed by atoms with Gasteiger partial charge in [0.1, 0.15) is 0 Å². The van der Waals surface area contributed by atoms with Crippen LogP contribution in [0.15, 0.2) is 21.5 Å². The van der Waals surface area contributed by atoms with Crippen molar-refractivity contribution in [2.75, 3.05) is 0 Å². The highest BCUT2D eigenvalue weighted by Crippen LogP contribution is 2.54. The van der Waals surface area contributed by atoms with Crippen molar-refractivity contribution in [3.05, 3.63) is 21.5 Å². The van der Waals surface area contributed by atoms with E-state index in [0.29, 0.717) is 0 Å². The van der Waals surface area contributed by atoms with E-state index >= 15 is 0 Å². The van der Waals surface area contributed by atoms with Crippen molar-refractivity contribution in [2.45, 2.75) is 0 Å². The average Bonchev–Trinajstić information content (AvgIpc) is 3.14. The smallest absolute Gasteiger partial charge is 0.0651 e. The van der Waals surface area contributed by atoms with Crippen molar-refractivity contribution in [3.8, 4) is 0 Å². The van der Waals surface area contributed by atoms with Gasteiger partial charge in [0, 0.05) is 41.7 Å². The van der Waals surface area contributed by atoms with Gasteiger partial charge < -0.3 is 0 Å². The molecule has 0 nitrogen and oxygen atoms in total. The van der Waals surface area contributed by atoms with E-state index in [2.05, 4.69) is 21.5 Å². The van der Waals surface area contributed by atoms with Crippen LogP contribution in [0.3, 0.4) is 0 Å². The summed E-state index contributed by atoms with van der Waals surface area (Å²) in [5.74, 6) is 0. The van der Waals surface area contributed by atoms with Crippen LogP contribution in [-0.2, 0) is 0 Å². The van der Waals surface area contributed by atoms with Crippen molar-refractivity contribution >= 4 is 116 Å². The highest BCUT2D eigenvalue weighted by Gasteiger charge is 2.19. The van der Waals surface area contributed by atoms with E-state index < -0.39 is 0 Å². The lowest BCUT2D eigenvalue weighted by Crippen LogP contribution is -1.46. The van der Waals surface area contributed by atoms with Crippen LogP contribution in [-0.4, -0.2) is 0 Å². The molecule has 0 aliphatic rings. The Hall–Kier alpha value is -0.500. The van der Waals surface area contributed by atoms with Crippen LogP contribution in [0.25, 0.3) is 48.4 Å². The second kappa shape index (κ2) is 3.63. The first-order valence-corrected chi connectivity index (χ1v) is 11.1. The SMILES string of the molecule is c1scc2c1sc1c2sc2c3sc4cscc4c3sc12. The van der Waals surface area contributed by atoms with Gasteiger partial charge in [0.05, 0.1) is 28.2 Å². The minimum Gasteiger partial charge on any atom is -0.150 e. The zero-order valence-corrected chi connectivity index (χ0v) is 14.7. The molecule has 0 aliphatic carbocycles. The molecule has 6 heteroatoms. The molecule has 20 heavy (non-hydrogen) atoms. The first-order valence-electron chi connectivity index (χ1n) is 5.98. The number of hydrogen-bond acceptors (Lipinski definition) is 6. The third-order valence-corrected chi connectivity index (χ3v) is 10.9. The molecule has 96 valence electrons. The molecule has 0 spiro atoms. The second-order valence-corrected chi connectivity index (χ2v) is 10.3. The minimum atomic E-state index is 1.45. The predicted octanol–water partition coefficient (Wildman–Crippen LogP) is 7.82. The Balaban J connectivity index is 1.93. The van der Waals surface area contributed by atoms with Gasteiger partial charge in [-0.15, -0.1) is 45.3 Å². The summed E-state index contributed by atoms with van der Waals surface area (Å²) in [6.45, 7) is 0. The number of hydrogen-bond donors (Lipinski definition) is 0. The summed E-state index contributed by atoms with van der Waals surface area (Å²) in [6.07, 6.45) is 0. The fraction of sp³-hybridized carbons (Fsp3) is 0. The molecule has 0 amide bonds. The molecule has 0 radical (unpaired) electrons. The van der Waals surface area contributed by atoms with Crippen LogP contribution in [0.1, 0.15) is 0 Å². The minimum absolute atomic E-state index is 1.45. The van der Waals surface area contributed by atoms with Crippen molar-refractivity contribution in [2.24, 2.45) is 0 Å². The molecule has 0 aromatic carbocycles. The molecule has 0 saturated carbocycles. The van der Waals surface area contributed by atoms with Gasteiger partial charge >= 0.3 is 0 Å². The summed E-state index contributed by atoms with van der Waals surface area (Å²) >= 11 is 11.6. The number of rotatable bonds is 0. The summed E-state index contributed by atoms with van der Waals surface area (Å²) in [5, 5.41) is 12.1. The topological polar surface area (TPSA) is 0 Å². The quantitative estimate of drug-likeness (QED) is 0.258. The van der Waals surface area contributed by atoms with E-state index in [1.54, 1.807) is 0 Å².